The van der Waals surface area contributed by atoms with Crippen LogP contribution in [0.4, 0.5) is 0 Å². The summed E-state index contributed by atoms with van der Waals surface area (Å²) in [5.41, 5.74) is 0.259. The average Bonchev–Trinajstić information content (AvgIpc) is 2.58. The summed E-state index contributed by atoms with van der Waals surface area (Å²) in [7, 11) is 1.51. The van der Waals surface area contributed by atoms with E-state index >= 15 is 0 Å². The molecule has 150 valence electrons. The predicted octanol–water partition coefficient (Wildman–Crippen LogP) is 1.83. The summed E-state index contributed by atoms with van der Waals surface area (Å²) in [5.74, 6) is -1.19. The lowest BCUT2D eigenvalue weighted by atomic mass is 10.0. The molecule has 0 unspecified atom stereocenters. The predicted molar refractivity (Wildman–Crippen MR) is 100 cm³/mol. The molecular weight excluding hydrogens is 352 g/mol. The smallest absolute Gasteiger partial charge is 0.326 e. The van der Waals surface area contributed by atoms with E-state index in [1.54, 1.807) is 18.2 Å². The SMILES string of the molecule is COc1ccc(C(=O)NCC(=O)N[C@@H](CC(C)C)C(=O)O)c(OC(C)C)c1. The lowest BCUT2D eigenvalue weighted by Gasteiger charge is -2.17. The lowest BCUT2D eigenvalue weighted by Crippen LogP contribution is -2.46. The number of ether oxygens (including phenoxy) is 2. The Balaban J connectivity index is 2.76. The highest BCUT2D eigenvalue weighted by Crippen LogP contribution is 2.25. The molecule has 0 heterocycles. The van der Waals surface area contributed by atoms with Gasteiger partial charge >= 0.3 is 5.97 Å². The molecule has 1 atom stereocenters. The molecule has 8 nitrogen and oxygen atoms in total. The Hall–Kier alpha value is -2.77. The molecule has 0 bridgehead atoms. The molecule has 3 N–H and O–H groups in total. The fraction of sp³-hybridized carbons (Fsp3) is 0.526. The lowest BCUT2D eigenvalue weighted by molar-refractivity contribution is -0.142. The minimum atomic E-state index is -1.11. The first-order valence-electron chi connectivity index (χ1n) is 8.79. The Bertz CT molecular complexity index is 672. The Morgan fingerprint density at radius 1 is 1.15 bits per heavy atom. The van der Waals surface area contributed by atoms with Crippen molar-refractivity contribution < 1.29 is 29.0 Å². The van der Waals surface area contributed by atoms with Crippen LogP contribution in [0.2, 0.25) is 0 Å². The van der Waals surface area contributed by atoms with Crippen LogP contribution >= 0.6 is 0 Å². The summed E-state index contributed by atoms with van der Waals surface area (Å²) in [6.45, 7) is 7.05. The maximum atomic E-state index is 12.4. The first kappa shape index (κ1) is 22.3. The van der Waals surface area contributed by atoms with E-state index in [0.29, 0.717) is 17.9 Å². The maximum Gasteiger partial charge on any atom is 0.326 e. The number of hydrogen-bond acceptors (Lipinski definition) is 5. The number of carboxylic acid groups (broad SMARTS) is 1. The van der Waals surface area contributed by atoms with E-state index < -0.39 is 23.8 Å². The minimum Gasteiger partial charge on any atom is -0.497 e. The Morgan fingerprint density at radius 2 is 1.81 bits per heavy atom. The van der Waals surface area contributed by atoms with Crippen LogP contribution in [-0.2, 0) is 9.59 Å². The van der Waals surface area contributed by atoms with Crippen molar-refractivity contribution in [2.45, 2.75) is 46.3 Å². The van der Waals surface area contributed by atoms with Gasteiger partial charge in [-0.25, -0.2) is 4.79 Å². The molecule has 0 fully saturated rings. The molecule has 0 aliphatic carbocycles. The molecule has 0 saturated heterocycles. The van der Waals surface area contributed by atoms with Gasteiger partial charge in [0.25, 0.3) is 5.91 Å². The van der Waals surface area contributed by atoms with Crippen molar-refractivity contribution in [1.29, 1.82) is 0 Å². The Labute approximate surface area is 159 Å². The van der Waals surface area contributed by atoms with Gasteiger partial charge in [-0.05, 0) is 38.3 Å². The molecule has 0 spiro atoms. The van der Waals surface area contributed by atoms with Gasteiger partial charge in [0.2, 0.25) is 5.91 Å². The number of rotatable bonds is 10. The van der Waals surface area contributed by atoms with Gasteiger partial charge in [-0.2, -0.15) is 0 Å². The van der Waals surface area contributed by atoms with Gasteiger partial charge in [0.1, 0.15) is 17.5 Å². The number of aliphatic carboxylic acids is 1. The summed E-state index contributed by atoms with van der Waals surface area (Å²) >= 11 is 0. The zero-order valence-corrected chi connectivity index (χ0v) is 16.4. The minimum absolute atomic E-state index is 0.107. The first-order chi connectivity index (χ1) is 12.6. The summed E-state index contributed by atoms with van der Waals surface area (Å²) in [5, 5.41) is 14.1. The van der Waals surface area contributed by atoms with Gasteiger partial charge in [0.05, 0.1) is 25.3 Å². The van der Waals surface area contributed by atoms with E-state index in [1.807, 2.05) is 27.7 Å². The number of methoxy groups -OCH3 is 1. The maximum absolute atomic E-state index is 12.4. The van der Waals surface area contributed by atoms with Gasteiger partial charge in [-0.3, -0.25) is 9.59 Å². The third-order valence-corrected chi connectivity index (χ3v) is 3.55. The van der Waals surface area contributed by atoms with Gasteiger partial charge < -0.3 is 25.2 Å². The molecule has 1 aromatic carbocycles. The quantitative estimate of drug-likeness (QED) is 0.571. The van der Waals surface area contributed by atoms with Crippen LogP contribution in [0.25, 0.3) is 0 Å². The standard InChI is InChI=1S/C19H28N2O6/c1-11(2)8-15(19(24)25)21-17(22)10-20-18(23)14-7-6-13(26-5)9-16(14)27-12(3)4/h6-7,9,11-12,15H,8,10H2,1-5H3,(H,20,23)(H,21,22)(H,24,25)/t15-/m0/s1. The molecule has 27 heavy (non-hydrogen) atoms. The van der Waals surface area contributed by atoms with E-state index in [1.165, 1.54) is 7.11 Å². The second kappa shape index (κ2) is 10.4. The third-order valence-electron chi connectivity index (χ3n) is 3.55. The van der Waals surface area contributed by atoms with E-state index in [4.69, 9.17) is 14.6 Å². The monoisotopic (exact) mass is 380 g/mol. The average molecular weight is 380 g/mol. The molecule has 1 rings (SSSR count). The molecule has 2 amide bonds. The second-order valence-corrected chi connectivity index (χ2v) is 6.80. The van der Waals surface area contributed by atoms with Crippen LogP contribution in [0, 0.1) is 5.92 Å². The largest absolute Gasteiger partial charge is 0.497 e. The number of carbonyl (C=O) groups is 3. The Kier molecular flexibility index (Phi) is 8.58. The summed E-state index contributed by atoms with van der Waals surface area (Å²) in [6.07, 6.45) is 0.152. The zero-order valence-electron chi connectivity index (χ0n) is 16.4. The van der Waals surface area contributed by atoms with Crippen molar-refractivity contribution in [2.75, 3.05) is 13.7 Å². The molecule has 0 radical (unpaired) electrons. The van der Waals surface area contributed by atoms with E-state index in [9.17, 15) is 14.4 Å². The van der Waals surface area contributed by atoms with Gasteiger partial charge in [-0.15, -0.1) is 0 Å². The fourth-order valence-corrected chi connectivity index (χ4v) is 2.36. The van der Waals surface area contributed by atoms with Crippen molar-refractivity contribution in [2.24, 2.45) is 5.92 Å². The van der Waals surface area contributed by atoms with Gasteiger partial charge in [0.15, 0.2) is 0 Å². The Morgan fingerprint density at radius 3 is 2.33 bits per heavy atom. The van der Waals surface area contributed by atoms with Gasteiger partial charge in [-0.1, -0.05) is 13.8 Å². The summed E-state index contributed by atoms with van der Waals surface area (Å²) in [4.78, 5) is 35.6. The highest BCUT2D eigenvalue weighted by atomic mass is 16.5. The molecular formula is C19H28N2O6. The number of carboxylic acids is 1. The second-order valence-electron chi connectivity index (χ2n) is 6.80. The van der Waals surface area contributed by atoms with Crippen molar-refractivity contribution in [3.8, 4) is 11.5 Å². The number of hydrogen-bond donors (Lipinski definition) is 3. The molecule has 0 aromatic heterocycles. The van der Waals surface area contributed by atoms with E-state index in [0.717, 1.165) is 0 Å². The number of amides is 2. The van der Waals surface area contributed by atoms with Crippen LogP contribution in [0.1, 0.15) is 44.5 Å². The highest BCUT2D eigenvalue weighted by molar-refractivity contribution is 5.99. The van der Waals surface area contributed by atoms with Crippen LogP contribution in [-0.4, -0.2) is 48.7 Å². The number of nitrogens with one attached hydrogen (secondary N) is 2. The van der Waals surface area contributed by atoms with Crippen LogP contribution < -0.4 is 20.1 Å². The highest BCUT2D eigenvalue weighted by Gasteiger charge is 2.22. The van der Waals surface area contributed by atoms with Crippen LogP contribution in [0.15, 0.2) is 18.2 Å². The molecule has 1 aromatic rings. The van der Waals surface area contributed by atoms with Crippen LogP contribution in [0.5, 0.6) is 11.5 Å². The normalized spacial score (nSPS) is 11.8. The summed E-state index contributed by atoms with van der Waals surface area (Å²) in [6, 6.07) is 3.77. The number of benzene rings is 1. The van der Waals surface area contributed by atoms with E-state index in [2.05, 4.69) is 10.6 Å². The topological polar surface area (TPSA) is 114 Å². The molecule has 0 aliphatic heterocycles. The van der Waals surface area contributed by atoms with Crippen molar-refractivity contribution in [3.63, 3.8) is 0 Å². The van der Waals surface area contributed by atoms with Gasteiger partial charge in [0, 0.05) is 6.07 Å². The van der Waals surface area contributed by atoms with Crippen molar-refractivity contribution in [1.82, 2.24) is 10.6 Å². The zero-order chi connectivity index (χ0) is 20.6. The molecule has 0 aliphatic rings. The fourth-order valence-electron chi connectivity index (χ4n) is 2.36. The van der Waals surface area contributed by atoms with Crippen LogP contribution in [0.3, 0.4) is 0 Å². The van der Waals surface area contributed by atoms with Crippen molar-refractivity contribution in [3.05, 3.63) is 23.8 Å². The first-order valence-corrected chi connectivity index (χ1v) is 8.79. The molecule has 0 saturated carbocycles. The van der Waals surface area contributed by atoms with Crippen molar-refractivity contribution >= 4 is 17.8 Å². The summed E-state index contributed by atoms with van der Waals surface area (Å²) < 4.78 is 10.8. The third kappa shape index (κ3) is 7.55. The van der Waals surface area contributed by atoms with E-state index in [-0.39, 0.29) is 24.1 Å². The molecule has 8 heteroatoms. The number of carbonyl (C=O) groups excluding carboxylic acids is 2.